The summed E-state index contributed by atoms with van der Waals surface area (Å²) in [5.41, 5.74) is -9.11. The van der Waals surface area contributed by atoms with Gasteiger partial charge in [0.05, 0.1) is 36.5 Å². The second kappa shape index (κ2) is 24.1. The van der Waals surface area contributed by atoms with E-state index in [0.717, 1.165) is 0 Å². The summed E-state index contributed by atoms with van der Waals surface area (Å²) < 4.78 is 29.5. The van der Waals surface area contributed by atoms with Crippen molar-refractivity contribution in [3.63, 3.8) is 0 Å². The Morgan fingerprint density at radius 1 is 0.757 bits per heavy atom. The van der Waals surface area contributed by atoms with Crippen molar-refractivity contribution in [2.75, 3.05) is 6.61 Å². The fourth-order valence-electron chi connectivity index (χ4n) is 10.7. The molecule has 21 nitrogen and oxygen atoms in total. The van der Waals surface area contributed by atoms with Gasteiger partial charge in [0.1, 0.15) is 41.7 Å². The van der Waals surface area contributed by atoms with Crippen molar-refractivity contribution in [3.05, 3.63) is 119 Å². The van der Waals surface area contributed by atoms with Crippen molar-refractivity contribution in [2.45, 2.75) is 119 Å². The first-order chi connectivity index (χ1) is 33.9. The fraction of sp³-hybridized carbons (Fsp3) is 0.451. The number of benzene rings is 3. The predicted molar refractivity (Wildman–Crippen MR) is 243 cm³/mol. The average molecular weight is 1460 g/mol. The number of aliphatic carboxylic acids is 2. The van der Waals surface area contributed by atoms with Crippen molar-refractivity contribution in [1.82, 2.24) is 5.32 Å². The molecule has 8 N–H and O–H groups in total. The number of ether oxygens (including phenoxy) is 5. The molecule has 2 bridgehead atoms. The van der Waals surface area contributed by atoms with Gasteiger partial charge >= 0.3 is 35.8 Å². The van der Waals surface area contributed by atoms with Gasteiger partial charge in [-0.15, -0.1) is 0 Å². The summed E-state index contributed by atoms with van der Waals surface area (Å²) in [5, 5.41) is 80.4. The molecule has 23 heteroatoms. The third kappa shape index (κ3) is 11.6. The van der Waals surface area contributed by atoms with E-state index in [1.165, 1.54) is 76.2 Å². The molecule has 7 rings (SSSR count). The van der Waals surface area contributed by atoms with Crippen molar-refractivity contribution < 1.29 is 186 Å². The van der Waals surface area contributed by atoms with Gasteiger partial charge in [0.25, 0.3) is 5.91 Å². The van der Waals surface area contributed by atoms with Gasteiger partial charge in [-0.1, -0.05) is 80.6 Å². The number of carbonyl (C=O) groups excluding carboxylic acids is 6. The molecular formula is C51H55Ac2NO20. The number of aliphatic hydroxyl groups is 5. The zero-order valence-corrected chi connectivity index (χ0v) is 50.1. The minimum atomic E-state index is -2.62. The summed E-state index contributed by atoms with van der Waals surface area (Å²) in [7, 11) is 0. The van der Waals surface area contributed by atoms with Crippen LogP contribution < -0.4 is 5.32 Å². The van der Waals surface area contributed by atoms with Crippen molar-refractivity contribution in [3.8, 4) is 0 Å². The van der Waals surface area contributed by atoms with Crippen LogP contribution >= 0.6 is 0 Å². The average Bonchev–Trinajstić information content (AvgIpc) is 3.34. The van der Waals surface area contributed by atoms with E-state index in [-0.39, 0.29) is 116 Å². The van der Waals surface area contributed by atoms with Gasteiger partial charge in [0, 0.05) is 118 Å². The molecule has 0 spiro atoms. The molecule has 3 aromatic rings. The standard InChI is InChI=1S/C51H55NO20.2Ac/c1-25-31(69-47(65)39(71-35(56)21-30(54)45(62)63)37(26-14-8-5-9-15-26)52-43(59)27-16-10-6-11-17-27)23-51(67)42(72-46(64)28-18-12-7-13-19-28)40-49(4,41(58)38(57)36(25)48(51,2)3)32(22-33-50(40,66)24-68-33)70-34(55)20-29(53)44(60)61;;/h5-19,29-33,37-40,42,53-54,57,66-67H,20-24H2,1-4H3,(H,52,59)(H,60,61)(H,62,63);;. The fourth-order valence-corrected chi connectivity index (χ4v) is 10.7. The van der Waals surface area contributed by atoms with Gasteiger partial charge in [0.2, 0.25) is 6.10 Å². The number of carboxylic acid groups (broad SMARTS) is 2. The molecule has 3 aromatic carbocycles. The van der Waals surface area contributed by atoms with Crippen molar-refractivity contribution in [2.24, 2.45) is 16.7 Å². The Morgan fingerprint density at radius 3 is 1.81 bits per heavy atom. The van der Waals surface area contributed by atoms with E-state index < -0.39 is 163 Å². The topological polar surface area (TPSA) is 336 Å². The quantitative estimate of drug-likeness (QED) is 0.0570. The molecule has 74 heavy (non-hydrogen) atoms. The summed E-state index contributed by atoms with van der Waals surface area (Å²) in [4.78, 5) is 108. The molecule has 13 unspecified atom stereocenters. The molecular weight excluding hydrogens is 1400 g/mol. The molecule has 2 radical (unpaired) electrons. The van der Waals surface area contributed by atoms with Gasteiger partial charge in [-0.3, -0.25) is 19.2 Å². The minimum absolute atomic E-state index is 0. The number of amides is 1. The van der Waals surface area contributed by atoms with E-state index in [4.69, 9.17) is 23.7 Å². The van der Waals surface area contributed by atoms with Gasteiger partial charge in [-0.25, -0.2) is 19.2 Å². The molecule has 1 saturated heterocycles. The number of carbonyl (C=O) groups is 8. The minimum Gasteiger partial charge on any atom is -0.479 e. The third-order valence-electron chi connectivity index (χ3n) is 14.7. The Hall–Kier alpha value is -4.00. The van der Waals surface area contributed by atoms with E-state index in [2.05, 4.69) is 5.32 Å². The van der Waals surface area contributed by atoms with Crippen LogP contribution in [0.2, 0.25) is 0 Å². The molecule has 2 saturated carbocycles. The first-order valence-corrected chi connectivity index (χ1v) is 22.9. The number of aliphatic hydroxyl groups excluding tert-OH is 3. The van der Waals surface area contributed by atoms with Crippen LogP contribution in [0, 0.1) is 105 Å². The number of nitrogens with one attached hydrogen (secondary N) is 1. The molecule has 1 heterocycles. The van der Waals surface area contributed by atoms with Crippen LogP contribution in [0.1, 0.15) is 85.7 Å². The molecule has 4 aliphatic rings. The Labute approximate surface area is 495 Å². The molecule has 13 atom stereocenters. The summed E-state index contributed by atoms with van der Waals surface area (Å²) in [6.45, 7) is 4.89. The summed E-state index contributed by atoms with van der Waals surface area (Å²) in [6, 6.07) is 21.1. The van der Waals surface area contributed by atoms with E-state index in [9.17, 15) is 69.3 Å². The Kier molecular flexibility index (Phi) is 19.8. The number of carboxylic acids is 2. The van der Waals surface area contributed by atoms with E-state index in [1.54, 1.807) is 42.5 Å². The Bertz CT molecular complexity index is 2650. The van der Waals surface area contributed by atoms with E-state index >= 15 is 4.79 Å². The molecule has 390 valence electrons. The monoisotopic (exact) mass is 1460 g/mol. The van der Waals surface area contributed by atoms with Gasteiger partial charge in [-0.05, 0) is 54.8 Å². The number of fused-ring (bicyclic) bond motifs is 5. The second-order valence-electron chi connectivity index (χ2n) is 19.3. The van der Waals surface area contributed by atoms with Crippen LogP contribution in [0.3, 0.4) is 0 Å². The van der Waals surface area contributed by atoms with E-state index in [1.807, 2.05) is 0 Å². The summed E-state index contributed by atoms with van der Waals surface area (Å²) in [5.74, 6) is -12.5. The SMILES string of the molecule is CC1=C2C(O)C(=O)C3(C)C(OC(=O)CC(O)C(=O)O)CC4OCC4(O)C3C(OC(=O)c3ccccc3)C(O)(CC1OC(=O)C(OC(=O)CC(O)C(=O)O)C(NC(=O)c1ccccc1)c1ccccc1)C2(C)C.[Ac].[Ac]. The Balaban J connectivity index is 0.00000507. The van der Waals surface area contributed by atoms with Crippen molar-refractivity contribution in [1.29, 1.82) is 0 Å². The predicted octanol–water partition coefficient (Wildman–Crippen LogP) is 1.37. The normalized spacial score (nSPS) is 29.1. The van der Waals surface area contributed by atoms with Crippen LogP contribution in [-0.2, 0) is 52.5 Å². The van der Waals surface area contributed by atoms with Gasteiger partial charge in [-0.2, -0.15) is 0 Å². The molecule has 1 aliphatic heterocycles. The first kappa shape index (κ1) is 60.9. The number of esters is 4. The smallest absolute Gasteiger partial charge is 0.350 e. The number of hydrogen-bond acceptors (Lipinski definition) is 18. The number of ketones is 1. The zero-order chi connectivity index (χ0) is 52.7. The zero-order valence-electron chi connectivity index (χ0n) is 40.6. The van der Waals surface area contributed by atoms with Crippen LogP contribution in [0.25, 0.3) is 0 Å². The number of hydrogen-bond donors (Lipinski definition) is 8. The Morgan fingerprint density at radius 2 is 1.28 bits per heavy atom. The van der Waals surface area contributed by atoms with Crippen LogP contribution in [0.5, 0.6) is 0 Å². The summed E-state index contributed by atoms with van der Waals surface area (Å²) in [6.07, 6.45) is -19.2. The van der Waals surface area contributed by atoms with Crippen LogP contribution in [0.15, 0.2) is 102 Å². The largest absolute Gasteiger partial charge is 0.479 e. The second-order valence-corrected chi connectivity index (χ2v) is 19.3. The molecule has 0 aromatic heterocycles. The van der Waals surface area contributed by atoms with Crippen LogP contribution in [-0.4, -0.2) is 150 Å². The van der Waals surface area contributed by atoms with Crippen LogP contribution in [0.4, 0.5) is 0 Å². The van der Waals surface area contributed by atoms with Gasteiger partial charge in [0.15, 0.2) is 18.0 Å². The first-order valence-electron chi connectivity index (χ1n) is 22.9. The number of Topliss-reactive ketones (excluding diaryl/α,β-unsaturated/α-hetero) is 1. The maximum absolute atomic E-state index is 15.4. The molecule has 3 aliphatic carbocycles. The maximum atomic E-state index is 15.4. The van der Waals surface area contributed by atoms with Gasteiger partial charge < -0.3 is 64.7 Å². The number of rotatable bonds is 16. The molecule has 1 amide bonds. The molecule has 3 fully saturated rings. The third-order valence-corrected chi connectivity index (χ3v) is 14.7. The maximum Gasteiger partial charge on any atom is 0.350 e. The van der Waals surface area contributed by atoms with E-state index in [0.29, 0.717) is 0 Å². The van der Waals surface area contributed by atoms with Crippen molar-refractivity contribution >= 4 is 47.5 Å². The summed E-state index contributed by atoms with van der Waals surface area (Å²) >= 11 is 0.